The van der Waals surface area contributed by atoms with Gasteiger partial charge in [0.2, 0.25) is 0 Å². The highest BCUT2D eigenvalue weighted by molar-refractivity contribution is 7.08. The monoisotopic (exact) mass is 469 g/mol. The van der Waals surface area contributed by atoms with Crippen LogP contribution in [0.1, 0.15) is 46.9 Å². The Hall–Kier alpha value is -2.90. The van der Waals surface area contributed by atoms with E-state index in [-0.39, 0.29) is 18.1 Å². The molecule has 1 unspecified atom stereocenters. The van der Waals surface area contributed by atoms with Gasteiger partial charge in [-0.3, -0.25) is 9.59 Å². The molecule has 4 nitrogen and oxygen atoms in total. The van der Waals surface area contributed by atoms with E-state index in [9.17, 15) is 18.4 Å². The van der Waals surface area contributed by atoms with E-state index in [2.05, 4.69) is 5.32 Å². The summed E-state index contributed by atoms with van der Waals surface area (Å²) in [6, 6.07) is 13.2. The van der Waals surface area contributed by atoms with Crippen molar-refractivity contribution in [2.45, 2.75) is 25.4 Å². The van der Waals surface area contributed by atoms with Crippen molar-refractivity contribution in [3.8, 4) is 0 Å². The zero-order valence-corrected chi connectivity index (χ0v) is 18.8. The van der Waals surface area contributed by atoms with E-state index in [0.717, 1.165) is 25.9 Å². The quantitative estimate of drug-likeness (QED) is 0.347. The highest BCUT2D eigenvalue weighted by atomic mass is 32.1. The number of carbonyl (C=O) groups excluding carboxylic acids is 2. The second-order valence-electron chi connectivity index (χ2n) is 8.25. The summed E-state index contributed by atoms with van der Waals surface area (Å²) in [7, 11) is 0. The number of Topliss-reactive ketones (excluding diaryl/α,β-unsaturated/α-hetero) is 1. The lowest BCUT2D eigenvalue weighted by atomic mass is 9.79. The van der Waals surface area contributed by atoms with Gasteiger partial charge in [0, 0.05) is 16.9 Å². The molecule has 1 aliphatic rings. The minimum absolute atomic E-state index is 0.0619. The molecule has 172 valence electrons. The Morgan fingerprint density at radius 2 is 1.64 bits per heavy atom. The van der Waals surface area contributed by atoms with Gasteiger partial charge in [-0.15, -0.1) is 0 Å². The Bertz CT molecular complexity index is 1050. The average Bonchev–Trinajstić information content (AvgIpc) is 3.36. The normalized spacial score (nSPS) is 15.4. The molecule has 3 aromatic rings. The van der Waals surface area contributed by atoms with E-state index >= 15 is 0 Å². The van der Waals surface area contributed by atoms with E-state index in [1.807, 2.05) is 5.38 Å². The van der Waals surface area contributed by atoms with Crippen LogP contribution in [0.2, 0.25) is 0 Å². The van der Waals surface area contributed by atoms with Crippen molar-refractivity contribution in [2.75, 3.05) is 13.1 Å². The third-order valence-electron chi connectivity index (χ3n) is 6.03. The van der Waals surface area contributed by atoms with Crippen LogP contribution in [0, 0.1) is 23.5 Å². The number of hydrogen-bond donors (Lipinski definition) is 1. The highest BCUT2D eigenvalue weighted by Crippen LogP contribution is 2.32. The first-order chi connectivity index (χ1) is 16.0. The van der Waals surface area contributed by atoms with Gasteiger partial charge in [0.25, 0.3) is 0 Å². The predicted octanol–water partition coefficient (Wildman–Crippen LogP) is 5.55. The van der Waals surface area contributed by atoms with Crippen molar-refractivity contribution in [3.63, 3.8) is 0 Å². The van der Waals surface area contributed by atoms with E-state index in [1.54, 1.807) is 23.6 Å². The molecule has 2 heterocycles. The van der Waals surface area contributed by atoms with Crippen LogP contribution < -0.4 is 5.32 Å². The van der Waals surface area contributed by atoms with Crippen molar-refractivity contribution in [1.82, 2.24) is 5.32 Å². The summed E-state index contributed by atoms with van der Waals surface area (Å²) in [6.07, 6.45) is 0.533. The van der Waals surface area contributed by atoms with Gasteiger partial charge in [0.15, 0.2) is 11.9 Å². The summed E-state index contributed by atoms with van der Waals surface area (Å²) in [5, 5.41) is 6.92. The summed E-state index contributed by atoms with van der Waals surface area (Å²) >= 11 is 1.44. The molecule has 0 bridgehead atoms. The van der Waals surface area contributed by atoms with Gasteiger partial charge in [-0.05, 0) is 78.7 Å². The van der Waals surface area contributed by atoms with Crippen molar-refractivity contribution < 1.29 is 23.1 Å². The summed E-state index contributed by atoms with van der Waals surface area (Å²) in [4.78, 5) is 26.4. The number of carbonyl (C=O) groups is 2. The van der Waals surface area contributed by atoms with Crippen molar-refractivity contribution in [2.24, 2.45) is 11.8 Å². The van der Waals surface area contributed by atoms with Gasteiger partial charge in [-0.25, -0.2) is 8.78 Å². The number of hydrogen-bond acceptors (Lipinski definition) is 5. The van der Waals surface area contributed by atoms with Crippen molar-refractivity contribution in [3.05, 3.63) is 93.7 Å². The standard InChI is InChI=1S/C26H25F2NO3S/c27-21-5-1-3-18(13-21)26(19-4-2-6-22(28)14-19)32-24(30)15-23(17-7-10-29-11-8-17)25(31)20-9-12-33-16-20/h1-6,9,12-14,16-17,23,26,29H,7-8,10-11,15H2. The van der Waals surface area contributed by atoms with Crippen LogP contribution in [0.4, 0.5) is 8.78 Å². The lowest BCUT2D eigenvalue weighted by Crippen LogP contribution is -2.36. The molecule has 0 saturated carbocycles. The van der Waals surface area contributed by atoms with Gasteiger partial charge >= 0.3 is 5.97 Å². The third-order valence-corrected chi connectivity index (χ3v) is 6.72. The number of esters is 1. The molecule has 0 spiro atoms. The largest absolute Gasteiger partial charge is 0.453 e. The molecule has 7 heteroatoms. The first kappa shape index (κ1) is 23.3. The Morgan fingerprint density at radius 1 is 1.00 bits per heavy atom. The van der Waals surface area contributed by atoms with E-state index in [4.69, 9.17) is 4.74 Å². The molecule has 1 atom stereocenters. The maximum atomic E-state index is 13.9. The number of piperidine rings is 1. The fraction of sp³-hybridized carbons (Fsp3) is 0.308. The van der Waals surface area contributed by atoms with Crippen LogP contribution in [-0.4, -0.2) is 24.8 Å². The number of halogens is 2. The Morgan fingerprint density at radius 3 is 2.18 bits per heavy atom. The molecule has 1 fully saturated rings. The maximum absolute atomic E-state index is 13.9. The molecule has 2 aromatic carbocycles. The van der Waals surface area contributed by atoms with Gasteiger partial charge in [-0.2, -0.15) is 11.3 Å². The number of ether oxygens (including phenoxy) is 1. The first-order valence-electron chi connectivity index (χ1n) is 11.0. The van der Waals surface area contributed by atoms with Crippen LogP contribution in [0.25, 0.3) is 0 Å². The summed E-state index contributed by atoms with van der Waals surface area (Å²) < 4.78 is 33.6. The Kier molecular flexibility index (Phi) is 7.62. The lowest BCUT2D eigenvalue weighted by molar-refractivity contribution is -0.148. The van der Waals surface area contributed by atoms with Crippen LogP contribution in [0.5, 0.6) is 0 Å². The zero-order chi connectivity index (χ0) is 23.2. The number of ketones is 1. The van der Waals surface area contributed by atoms with Crippen LogP contribution in [-0.2, 0) is 9.53 Å². The maximum Gasteiger partial charge on any atom is 0.307 e. The highest BCUT2D eigenvalue weighted by Gasteiger charge is 2.33. The van der Waals surface area contributed by atoms with E-state index in [0.29, 0.717) is 16.7 Å². The van der Waals surface area contributed by atoms with Gasteiger partial charge in [-0.1, -0.05) is 24.3 Å². The van der Waals surface area contributed by atoms with Gasteiger partial charge in [0.05, 0.1) is 6.42 Å². The SMILES string of the molecule is O=C(CC(C(=O)c1ccsc1)C1CCNCC1)OC(c1cccc(F)c1)c1cccc(F)c1. The zero-order valence-electron chi connectivity index (χ0n) is 18.0. The second-order valence-corrected chi connectivity index (χ2v) is 9.03. The van der Waals surface area contributed by atoms with Crippen LogP contribution in [0.3, 0.4) is 0 Å². The van der Waals surface area contributed by atoms with Gasteiger partial charge in [0.1, 0.15) is 11.6 Å². The fourth-order valence-corrected chi connectivity index (χ4v) is 5.01. The number of rotatable bonds is 8. The predicted molar refractivity (Wildman–Crippen MR) is 123 cm³/mol. The van der Waals surface area contributed by atoms with Crippen molar-refractivity contribution in [1.29, 1.82) is 0 Å². The second kappa shape index (κ2) is 10.8. The van der Waals surface area contributed by atoms with Gasteiger partial charge < -0.3 is 10.1 Å². The molecule has 1 aliphatic heterocycles. The minimum atomic E-state index is -0.978. The fourth-order valence-electron chi connectivity index (χ4n) is 4.37. The summed E-state index contributed by atoms with van der Waals surface area (Å²) in [5.74, 6) is -2.04. The molecule has 33 heavy (non-hydrogen) atoms. The van der Waals surface area contributed by atoms with Crippen LogP contribution >= 0.6 is 11.3 Å². The molecule has 1 saturated heterocycles. The molecule has 4 rings (SSSR count). The smallest absolute Gasteiger partial charge is 0.307 e. The average molecular weight is 470 g/mol. The Labute approximate surface area is 195 Å². The minimum Gasteiger partial charge on any atom is -0.453 e. The summed E-state index contributed by atoms with van der Waals surface area (Å²) in [6.45, 7) is 1.59. The molecule has 1 aromatic heterocycles. The summed E-state index contributed by atoms with van der Waals surface area (Å²) in [5.41, 5.74) is 1.40. The molecule has 1 N–H and O–H groups in total. The molecule has 0 amide bonds. The van der Waals surface area contributed by atoms with Crippen molar-refractivity contribution >= 4 is 23.1 Å². The molecule has 0 radical (unpaired) electrons. The number of benzene rings is 2. The van der Waals surface area contributed by atoms with E-state index < -0.39 is 29.6 Å². The van der Waals surface area contributed by atoms with Crippen LogP contribution in [0.15, 0.2) is 65.4 Å². The third kappa shape index (κ3) is 5.92. The Balaban J connectivity index is 1.58. The number of nitrogens with one attached hydrogen (secondary N) is 1. The molecule has 0 aliphatic carbocycles. The first-order valence-corrected chi connectivity index (χ1v) is 11.9. The molecular formula is C26H25F2NO3S. The lowest BCUT2D eigenvalue weighted by Gasteiger charge is -2.29. The molecular weight excluding hydrogens is 444 g/mol. The topological polar surface area (TPSA) is 55.4 Å². The number of thiophene rings is 1. The van der Waals surface area contributed by atoms with E-state index in [1.165, 1.54) is 47.7 Å².